The number of nitrogens with zero attached hydrogens (tertiary/aromatic N) is 4. The fourth-order valence-corrected chi connectivity index (χ4v) is 4.00. The maximum absolute atomic E-state index is 13.9. The highest BCUT2D eigenvalue weighted by Gasteiger charge is 2.24. The smallest absolute Gasteiger partial charge is 0.265 e. The molecule has 1 aliphatic heterocycles. The van der Waals surface area contributed by atoms with E-state index in [2.05, 4.69) is 14.9 Å². The molecule has 0 N–H and O–H groups in total. The van der Waals surface area contributed by atoms with Crippen LogP contribution >= 0.6 is 22.9 Å². The Kier molecular flexibility index (Phi) is 5.05. The Morgan fingerprint density at radius 2 is 1.81 bits per heavy atom. The molecule has 3 aromatic rings. The van der Waals surface area contributed by atoms with Crippen molar-refractivity contribution in [3.63, 3.8) is 0 Å². The van der Waals surface area contributed by atoms with Crippen molar-refractivity contribution in [3.8, 4) is 10.6 Å². The summed E-state index contributed by atoms with van der Waals surface area (Å²) in [4.78, 5) is 25.8. The first-order valence-corrected chi connectivity index (χ1v) is 9.68. The van der Waals surface area contributed by atoms with Crippen LogP contribution in [0.15, 0.2) is 48.8 Å². The lowest BCUT2D eigenvalue weighted by atomic mass is 10.2. The van der Waals surface area contributed by atoms with E-state index in [0.29, 0.717) is 46.6 Å². The van der Waals surface area contributed by atoms with Gasteiger partial charge in [0, 0.05) is 37.9 Å². The van der Waals surface area contributed by atoms with E-state index in [1.165, 1.54) is 23.6 Å². The lowest BCUT2D eigenvalue weighted by Gasteiger charge is -2.35. The van der Waals surface area contributed by atoms with Gasteiger partial charge in [-0.15, -0.1) is 11.3 Å². The van der Waals surface area contributed by atoms with Crippen LogP contribution in [0.2, 0.25) is 5.02 Å². The zero-order chi connectivity index (χ0) is 18.8. The molecule has 138 valence electrons. The number of amides is 1. The van der Waals surface area contributed by atoms with Gasteiger partial charge in [0.05, 0.1) is 11.2 Å². The summed E-state index contributed by atoms with van der Waals surface area (Å²) in [7, 11) is 0. The van der Waals surface area contributed by atoms with Crippen LogP contribution in [0.1, 0.15) is 9.67 Å². The topological polar surface area (TPSA) is 49.3 Å². The summed E-state index contributed by atoms with van der Waals surface area (Å²) in [6.45, 7) is 2.57. The lowest BCUT2D eigenvalue weighted by Crippen LogP contribution is -2.48. The number of pyridine rings is 1. The Bertz CT molecular complexity index is 954. The molecular formula is C19H16ClFN4OS. The summed E-state index contributed by atoms with van der Waals surface area (Å²) in [5.74, 6) is 0.444. The SMILES string of the molecule is O=C(c1cnc(-c2ccccc2F)s1)N1CCN(c2ccc(Cl)cn2)CC1. The molecule has 8 heteroatoms. The molecule has 27 heavy (non-hydrogen) atoms. The van der Waals surface area contributed by atoms with Gasteiger partial charge in [-0.25, -0.2) is 14.4 Å². The molecule has 1 saturated heterocycles. The van der Waals surface area contributed by atoms with E-state index >= 15 is 0 Å². The van der Waals surface area contributed by atoms with Gasteiger partial charge in [0.25, 0.3) is 5.91 Å². The Hall–Kier alpha value is -2.51. The number of halogens is 2. The van der Waals surface area contributed by atoms with Gasteiger partial charge < -0.3 is 9.80 Å². The maximum Gasteiger partial charge on any atom is 0.265 e. The minimum atomic E-state index is -0.338. The van der Waals surface area contributed by atoms with Crippen LogP contribution in [0.3, 0.4) is 0 Å². The summed E-state index contributed by atoms with van der Waals surface area (Å²) < 4.78 is 13.9. The Morgan fingerprint density at radius 1 is 1.04 bits per heavy atom. The van der Waals surface area contributed by atoms with E-state index in [1.54, 1.807) is 29.3 Å². The summed E-state index contributed by atoms with van der Waals surface area (Å²) in [6, 6.07) is 10.1. The molecule has 0 bridgehead atoms. The Labute approximate surface area is 165 Å². The van der Waals surface area contributed by atoms with Crippen molar-refractivity contribution in [2.24, 2.45) is 0 Å². The van der Waals surface area contributed by atoms with E-state index in [0.717, 1.165) is 5.82 Å². The predicted octanol–water partition coefficient (Wildman–Crippen LogP) is 3.96. The number of rotatable bonds is 3. The minimum absolute atomic E-state index is 0.0706. The van der Waals surface area contributed by atoms with E-state index in [1.807, 2.05) is 12.1 Å². The number of hydrogen-bond acceptors (Lipinski definition) is 5. The normalized spacial score (nSPS) is 14.4. The number of carbonyl (C=O) groups is 1. The van der Waals surface area contributed by atoms with Crippen LogP contribution in [0.4, 0.5) is 10.2 Å². The first-order valence-electron chi connectivity index (χ1n) is 8.48. The molecule has 1 amide bonds. The largest absolute Gasteiger partial charge is 0.353 e. The van der Waals surface area contributed by atoms with Gasteiger partial charge in [-0.2, -0.15) is 0 Å². The molecule has 1 fully saturated rings. The van der Waals surface area contributed by atoms with Crippen LogP contribution in [-0.2, 0) is 0 Å². The van der Waals surface area contributed by atoms with Crippen LogP contribution in [0.25, 0.3) is 10.6 Å². The minimum Gasteiger partial charge on any atom is -0.353 e. The highest BCUT2D eigenvalue weighted by Crippen LogP contribution is 2.28. The second kappa shape index (κ2) is 7.62. The van der Waals surface area contributed by atoms with Crippen molar-refractivity contribution in [1.82, 2.24) is 14.9 Å². The van der Waals surface area contributed by atoms with Crippen molar-refractivity contribution in [2.45, 2.75) is 0 Å². The number of aromatic nitrogens is 2. The van der Waals surface area contributed by atoms with Gasteiger partial charge in [0.1, 0.15) is 21.5 Å². The molecule has 5 nitrogen and oxygen atoms in total. The Morgan fingerprint density at radius 3 is 2.52 bits per heavy atom. The van der Waals surface area contributed by atoms with Crippen LogP contribution in [0, 0.1) is 5.82 Å². The highest BCUT2D eigenvalue weighted by atomic mass is 35.5. The summed E-state index contributed by atoms with van der Waals surface area (Å²) in [5.41, 5.74) is 0.417. The maximum atomic E-state index is 13.9. The Balaban J connectivity index is 1.43. The molecule has 0 spiro atoms. The van der Waals surface area contributed by atoms with E-state index in [9.17, 15) is 9.18 Å². The number of piperazine rings is 1. The first-order chi connectivity index (χ1) is 13.1. The fraction of sp³-hybridized carbons (Fsp3) is 0.211. The average Bonchev–Trinajstić information content (AvgIpc) is 3.18. The van der Waals surface area contributed by atoms with Crippen LogP contribution in [0.5, 0.6) is 0 Å². The summed E-state index contributed by atoms with van der Waals surface area (Å²) >= 11 is 7.09. The van der Waals surface area contributed by atoms with Gasteiger partial charge in [-0.05, 0) is 24.3 Å². The molecule has 0 radical (unpaired) electrons. The molecule has 2 aromatic heterocycles. The van der Waals surface area contributed by atoms with Gasteiger partial charge in [0.15, 0.2) is 0 Å². The molecular weight excluding hydrogens is 387 g/mol. The number of anilines is 1. The van der Waals surface area contributed by atoms with Crippen molar-refractivity contribution in [3.05, 3.63) is 64.5 Å². The molecule has 0 unspecified atom stereocenters. The van der Waals surface area contributed by atoms with Crippen molar-refractivity contribution in [1.29, 1.82) is 0 Å². The predicted molar refractivity (Wildman–Crippen MR) is 105 cm³/mol. The van der Waals surface area contributed by atoms with Crippen LogP contribution in [-0.4, -0.2) is 47.0 Å². The second-order valence-electron chi connectivity index (χ2n) is 6.12. The van der Waals surface area contributed by atoms with E-state index < -0.39 is 0 Å². The molecule has 1 aliphatic rings. The molecule has 0 atom stereocenters. The lowest BCUT2D eigenvalue weighted by molar-refractivity contribution is 0.0751. The van der Waals surface area contributed by atoms with Crippen molar-refractivity contribution >= 4 is 34.7 Å². The zero-order valence-corrected chi connectivity index (χ0v) is 15.9. The van der Waals surface area contributed by atoms with Gasteiger partial charge in [-0.3, -0.25) is 4.79 Å². The number of carbonyl (C=O) groups excluding carboxylic acids is 1. The van der Waals surface area contributed by atoms with E-state index in [-0.39, 0.29) is 11.7 Å². The third-order valence-electron chi connectivity index (χ3n) is 4.42. The number of hydrogen-bond donors (Lipinski definition) is 0. The first kappa shape index (κ1) is 17.9. The highest BCUT2D eigenvalue weighted by molar-refractivity contribution is 7.16. The van der Waals surface area contributed by atoms with Gasteiger partial charge in [0.2, 0.25) is 0 Å². The molecule has 3 heterocycles. The average molecular weight is 403 g/mol. The number of benzene rings is 1. The summed E-state index contributed by atoms with van der Waals surface area (Å²) in [6.07, 6.45) is 3.15. The van der Waals surface area contributed by atoms with Crippen molar-refractivity contribution < 1.29 is 9.18 Å². The molecule has 0 saturated carbocycles. The molecule has 1 aromatic carbocycles. The molecule has 4 rings (SSSR count). The fourth-order valence-electron chi connectivity index (χ4n) is 2.98. The second-order valence-corrected chi connectivity index (χ2v) is 7.59. The summed E-state index contributed by atoms with van der Waals surface area (Å²) in [5, 5.41) is 1.11. The standard InChI is InChI=1S/C19H16ClFN4OS/c20-13-5-6-17(22-11-13)24-7-9-25(10-8-24)19(26)16-12-23-18(27-16)14-3-1-2-4-15(14)21/h1-6,11-12H,7-10H2. The van der Waals surface area contributed by atoms with Gasteiger partial charge >= 0.3 is 0 Å². The van der Waals surface area contributed by atoms with E-state index in [4.69, 9.17) is 11.6 Å². The third-order valence-corrected chi connectivity index (χ3v) is 5.67. The van der Waals surface area contributed by atoms with Crippen LogP contribution < -0.4 is 4.90 Å². The number of thiazole rings is 1. The monoisotopic (exact) mass is 402 g/mol. The van der Waals surface area contributed by atoms with Crippen molar-refractivity contribution in [2.75, 3.05) is 31.1 Å². The van der Waals surface area contributed by atoms with Gasteiger partial charge in [-0.1, -0.05) is 23.7 Å². The zero-order valence-electron chi connectivity index (χ0n) is 14.3. The molecule has 0 aliphatic carbocycles. The third kappa shape index (κ3) is 3.79. The quantitative estimate of drug-likeness (QED) is 0.665.